The minimum atomic E-state index is 0.432. The molecule has 81 valence electrons. The van der Waals surface area contributed by atoms with E-state index in [0.717, 1.165) is 6.42 Å². The average Bonchev–Trinajstić information content (AvgIpc) is 2.14. The van der Waals surface area contributed by atoms with E-state index in [1.165, 1.54) is 19.3 Å². The number of unbranched alkanes of at least 4 members (excludes halogenated alkanes) is 2. The summed E-state index contributed by atoms with van der Waals surface area (Å²) in [6.07, 6.45) is 14.1. The predicted molar refractivity (Wildman–Crippen MR) is 66.1 cm³/mol. The topological polar surface area (TPSA) is 0 Å². The van der Waals surface area contributed by atoms with Crippen molar-refractivity contribution in [2.24, 2.45) is 11.8 Å². The summed E-state index contributed by atoms with van der Waals surface area (Å²) in [6, 6.07) is 0. The molecule has 0 amide bonds. The Morgan fingerprint density at radius 1 is 1.14 bits per heavy atom. The molecule has 0 spiro atoms. The number of allylic oxidation sites excluding steroid dienone is 4. The third-order valence-corrected chi connectivity index (χ3v) is 2.17. The SMILES string of the molecule is [CH2]C(C)/C=C/C(C)C/C=C/CCCC. The summed E-state index contributed by atoms with van der Waals surface area (Å²) in [5, 5.41) is 0. The molecular weight excluding hydrogens is 168 g/mol. The van der Waals surface area contributed by atoms with Crippen LogP contribution >= 0.6 is 0 Å². The molecule has 0 aromatic carbocycles. The molecule has 2 unspecified atom stereocenters. The van der Waals surface area contributed by atoms with Crippen LogP contribution in [0, 0.1) is 18.8 Å². The Kier molecular flexibility index (Phi) is 8.72. The van der Waals surface area contributed by atoms with Gasteiger partial charge >= 0.3 is 0 Å². The molecule has 0 nitrogen and oxygen atoms in total. The number of hydrogen-bond acceptors (Lipinski definition) is 0. The van der Waals surface area contributed by atoms with Gasteiger partial charge in [-0.05, 0) is 31.6 Å². The smallest absolute Gasteiger partial charge is 0.0227 e. The molecule has 0 aromatic rings. The van der Waals surface area contributed by atoms with Gasteiger partial charge in [0.25, 0.3) is 0 Å². The van der Waals surface area contributed by atoms with Crippen LogP contribution in [0.15, 0.2) is 24.3 Å². The monoisotopic (exact) mass is 193 g/mol. The lowest BCUT2D eigenvalue weighted by molar-refractivity contribution is 0.728. The molecule has 14 heavy (non-hydrogen) atoms. The highest BCUT2D eigenvalue weighted by Crippen LogP contribution is 2.07. The van der Waals surface area contributed by atoms with Crippen molar-refractivity contribution in [1.82, 2.24) is 0 Å². The van der Waals surface area contributed by atoms with Crippen molar-refractivity contribution in [1.29, 1.82) is 0 Å². The highest BCUT2D eigenvalue weighted by Gasteiger charge is 1.93. The van der Waals surface area contributed by atoms with E-state index in [-0.39, 0.29) is 0 Å². The Labute approximate surface area is 90.1 Å². The summed E-state index contributed by atoms with van der Waals surface area (Å²) in [5.74, 6) is 1.08. The summed E-state index contributed by atoms with van der Waals surface area (Å²) in [4.78, 5) is 0. The van der Waals surface area contributed by atoms with Crippen LogP contribution in [0.5, 0.6) is 0 Å². The highest BCUT2D eigenvalue weighted by molar-refractivity contribution is 4.94. The van der Waals surface area contributed by atoms with Gasteiger partial charge in [-0.1, -0.05) is 57.9 Å². The van der Waals surface area contributed by atoms with Crippen molar-refractivity contribution in [2.45, 2.75) is 46.5 Å². The van der Waals surface area contributed by atoms with Gasteiger partial charge < -0.3 is 0 Å². The molecule has 0 fully saturated rings. The van der Waals surface area contributed by atoms with Crippen molar-refractivity contribution < 1.29 is 0 Å². The molecule has 0 aliphatic heterocycles. The zero-order chi connectivity index (χ0) is 10.8. The van der Waals surface area contributed by atoms with Crippen LogP contribution < -0.4 is 0 Å². The van der Waals surface area contributed by atoms with Crippen LogP contribution in [0.2, 0.25) is 0 Å². The fraction of sp³-hybridized carbons (Fsp3) is 0.643. The van der Waals surface area contributed by atoms with Crippen LogP contribution in [0.1, 0.15) is 46.5 Å². The molecule has 0 heterocycles. The van der Waals surface area contributed by atoms with Crippen LogP contribution in [0.4, 0.5) is 0 Å². The first-order valence-electron chi connectivity index (χ1n) is 5.83. The fourth-order valence-corrected chi connectivity index (χ4v) is 1.21. The first-order valence-corrected chi connectivity index (χ1v) is 5.83. The molecule has 0 N–H and O–H groups in total. The van der Waals surface area contributed by atoms with Crippen molar-refractivity contribution in [2.75, 3.05) is 0 Å². The van der Waals surface area contributed by atoms with Crippen molar-refractivity contribution in [3.63, 3.8) is 0 Å². The second kappa shape index (κ2) is 9.05. The Hall–Kier alpha value is -0.520. The third kappa shape index (κ3) is 9.57. The fourth-order valence-electron chi connectivity index (χ4n) is 1.21. The quantitative estimate of drug-likeness (QED) is 0.403. The molecule has 0 heteroatoms. The Bertz CT molecular complexity index is 163. The van der Waals surface area contributed by atoms with Crippen LogP contribution in [0.25, 0.3) is 0 Å². The molecule has 0 saturated carbocycles. The molecule has 2 atom stereocenters. The molecule has 0 bridgehead atoms. The maximum absolute atomic E-state index is 3.93. The van der Waals surface area contributed by atoms with Gasteiger partial charge in [0.05, 0.1) is 0 Å². The maximum atomic E-state index is 3.93. The van der Waals surface area contributed by atoms with Crippen LogP contribution in [-0.4, -0.2) is 0 Å². The molecule has 0 saturated heterocycles. The van der Waals surface area contributed by atoms with E-state index in [4.69, 9.17) is 0 Å². The van der Waals surface area contributed by atoms with E-state index in [2.05, 4.69) is 52.0 Å². The lowest BCUT2D eigenvalue weighted by atomic mass is 10.0. The van der Waals surface area contributed by atoms with Crippen LogP contribution in [-0.2, 0) is 0 Å². The minimum Gasteiger partial charge on any atom is -0.0885 e. The molecule has 0 aliphatic carbocycles. The van der Waals surface area contributed by atoms with E-state index in [9.17, 15) is 0 Å². The highest BCUT2D eigenvalue weighted by atomic mass is 14.0. The lowest BCUT2D eigenvalue weighted by Crippen LogP contribution is -1.88. The Morgan fingerprint density at radius 2 is 1.86 bits per heavy atom. The van der Waals surface area contributed by atoms with E-state index in [0.29, 0.717) is 11.8 Å². The van der Waals surface area contributed by atoms with Gasteiger partial charge in [0.15, 0.2) is 0 Å². The molecule has 0 aliphatic rings. The largest absolute Gasteiger partial charge is 0.0885 e. The lowest BCUT2D eigenvalue weighted by Gasteiger charge is -2.02. The van der Waals surface area contributed by atoms with E-state index < -0.39 is 0 Å². The standard InChI is InChI=1S/C14H25/c1-5-6-7-8-9-10-14(4)12-11-13(2)3/h8-9,11-14H,2,5-7,10H2,1,3-4H3/b9-8+,12-11+. The summed E-state index contributed by atoms with van der Waals surface area (Å²) in [7, 11) is 0. The summed E-state index contributed by atoms with van der Waals surface area (Å²) in [6.45, 7) is 10.5. The molecule has 0 aromatic heterocycles. The van der Waals surface area contributed by atoms with Gasteiger partial charge in [-0.15, -0.1) is 0 Å². The predicted octanol–water partition coefficient (Wildman–Crippen LogP) is 4.79. The Balaban J connectivity index is 3.52. The van der Waals surface area contributed by atoms with Crippen molar-refractivity contribution in [3.05, 3.63) is 31.2 Å². The van der Waals surface area contributed by atoms with Gasteiger partial charge in [0.1, 0.15) is 0 Å². The first kappa shape index (κ1) is 13.5. The van der Waals surface area contributed by atoms with Gasteiger partial charge in [-0.25, -0.2) is 0 Å². The van der Waals surface area contributed by atoms with Gasteiger partial charge in [-0.3, -0.25) is 0 Å². The first-order chi connectivity index (χ1) is 6.66. The van der Waals surface area contributed by atoms with Gasteiger partial charge in [0.2, 0.25) is 0 Å². The molecular formula is C14H25. The van der Waals surface area contributed by atoms with Crippen LogP contribution in [0.3, 0.4) is 0 Å². The zero-order valence-corrected chi connectivity index (χ0v) is 10.00. The molecule has 1 radical (unpaired) electrons. The summed E-state index contributed by atoms with van der Waals surface area (Å²) < 4.78 is 0. The number of hydrogen-bond donors (Lipinski definition) is 0. The summed E-state index contributed by atoms with van der Waals surface area (Å²) in [5.41, 5.74) is 0. The minimum absolute atomic E-state index is 0.432. The summed E-state index contributed by atoms with van der Waals surface area (Å²) >= 11 is 0. The second-order valence-corrected chi connectivity index (χ2v) is 4.19. The van der Waals surface area contributed by atoms with E-state index in [1.807, 2.05) is 0 Å². The maximum Gasteiger partial charge on any atom is -0.0227 e. The van der Waals surface area contributed by atoms with Crippen molar-refractivity contribution >= 4 is 0 Å². The number of rotatable bonds is 7. The average molecular weight is 193 g/mol. The van der Waals surface area contributed by atoms with Crippen molar-refractivity contribution in [3.8, 4) is 0 Å². The van der Waals surface area contributed by atoms with E-state index >= 15 is 0 Å². The third-order valence-electron chi connectivity index (χ3n) is 2.17. The Morgan fingerprint density at radius 3 is 2.43 bits per heavy atom. The zero-order valence-electron chi connectivity index (χ0n) is 10.00. The van der Waals surface area contributed by atoms with Gasteiger partial charge in [-0.2, -0.15) is 0 Å². The second-order valence-electron chi connectivity index (χ2n) is 4.19. The molecule has 0 rings (SSSR count). The normalized spacial score (nSPS) is 14.6. The van der Waals surface area contributed by atoms with Gasteiger partial charge in [0, 0.05) is 0 Å². The van der Waals surface area contributed by atoms with E-state index in [1.54, 1.807) is 0 Å².